The average molecular weight is 222 g/mol. The van der Waals surface area contributed by atoms with Crippen LogP contribution in [0.15, 0.2) is 23.4 Å². The van der Waals surface area contributed by atoms with Gasteiger partial charge in [0, 0.05) is 30.2 Å². The van der Waals surface area contributed by atoms with Gasteiger partial charge in [-0.3, -0.25) is 4.79 Å². The maximum atomic E-state index is 11.4. The van der Waals surface area contributed by atoms with E-state index in [0.717, 1.165) is 12.1 Å². The van der Waals surface area contributed by atoms with Gasteiger partial charge in [0.2, 0.25) is 0 Å². The Kier molecular flexibility index (Phi) is 3.08. The lowest BCUT2D eigenvalue weighted by molar-refractivity contribution is 0.0950. The second-order valence-electron chi connectivity index (χ2n) is 2.96. The van der Waals surface area contributed by atoms with Crippen LogP contribution in [0.1, 0.15) is 16.2 Å². The number of thiazole rings is 1. The number of rotatable bonds is 4. The van der Waals surface area contributed by atoms with Gasteiger partial charge in [-0.1, -0.05) is 0 Å². The van der Waals surface area contributed by atoms with E-state index in [4.69, 9.17) is 0 Å². The van der Waals surface area contributed by atoms with Crippen molar-refractivity contribution < 1.29 is 4.79 Å². The molecule has 2 heterocycles. The normalized spacial score (nSPS) is 10.1. The van der Waals surface area contributed by atoms with Crippen molar-refractivity contribution in [1.82, 2.24) is 20.3 Å². The van der Waals surface area contributed by atoms with Gasteiger partial charge in [0.1, 0.15) is 5.69 Å². The fourth-order valence-corrected chi connectivity index (χ4v) is 1.68. The number of nitrogens with zero attached hydrogens (tertiary/aromatic N) is 2. The number of hydrogen-bond donors (Lipinski definition) is 2. The van der Waals surface area contributed by atoms with E-state index in [1.165, 1.54) is 11.3 Å². The highest BCUT2D eigenvalue weighted by molar-refractivity contribution is 7.07. The molecule has 0 bridgehead atoms. The van der Waals surface area contributed by atoms with E-state index in [9.17, 15) is 4.79 Å². The number of amides is 1. The second kappa shape index (κ2) is 4.70. The first-order valence-corrected chi connectivity index (χ1v) is 5.44. The number of nitrogens with one attached hydrogen (secondary N) is 2. The van der Waals surface area contributed by atoms with Gasteiger partial charge in [0.25, 0.3) is 5.91 Å². The Morgan fingerprint density at radius 2 is 2.53 bits per heavy atom. The molecule has 2 rings (SSSR count). The SMILES string of the molecule is O=C(NCCc1cnc[nH]1)c1cscn1. The van der Waals surface area contributed by atoms with Crippen molar-refractivity contribution in [1.29, 1.82) is 0 Å². The first kappa shape index (κ1) is 9.85. The summed E-state index contributed by atoms with van der Waals surface area (Å²) < 4.78 is 0. The summed E-state index contributed by atoms with van der Waals surface area (Å²) in [6.45, 7) is 0.582. The van der Waals surface area contributed by atoms with E-state index in [1.54, 1.807) is 23.4 Å². The highest BCUT2D eigenvalue weighted by Crippen LogP contribution is 2.00. The zero-order valence-corrected chi connectivity index (χ0v) is 8.75. The Hall–Kier alpha value is -1.69. The van der Waals surface area contributed by atoms with Crippen molar-refractivity contribution in [3.8, 4) is 0 Å². The van der Waals surface area contributed by atoms with Crippen LogP contribution in [0.5, 0.6) is 0 Å². The monoisotopic (exact) mass is 222 g/mol. The molecule has 0 saturated heterocycles. The van der Waals surface area contributed by atoms with Crippen molar-refractivity contribution in [2.24, 2.45) is 0 Å². The molecule has 78 valence electrons. The Morgan fingerprint density at radius 1 is 1.60 bits per heavy atom. The lowest BCUT2D eigenvalue weighted by Gasteiger charge is -2.00. The van der Waals surface area contributed by atoms with Gasteiger partial charge in [-0.2, -0.15) is 0 Å². The predicted molar refractivity (Wildman–Crippen MR) is 56.7 cm³/mol. The van der Waals surface area contributed by atoms with E-state index < -0.39 is 0 Å². The molecule has 0 spiro atoms. The number of aromatic amines is 1. The average Bonchev–Trinajstić information content (AvgIpc) is 2.90. The molecular weight excluding hydrogens is 212 g/mol. The van der Waals surface area contributed by atoms with E-state index in [2.05, 4.69) is 20.3 Å². The minimum atomic E-state index is -0.129. The lowest BCUT2D eigenvalue weighted by atomic mass is 10.3. The third-order valence-corrected chi connectivity index (χ3v) is 2.49. The Morgan fingerprint density at radius 3 is 3.20 bits per heavy atom. The fourth-order valence-electron chi connectivity index (χ4n) is 1.15. The maximum absolute atomic E-state index is 11.4. The van der Waals surface area contributed by atoms with E-state index in [0.29, 0.717) is 12.2 Å². The molecule has 0 aliphatic rings. The Bertz CT molecular complexity index is 409. The first-order valence-electron chi connectivity index (χ1n) is 4.50. The molecule has 0 aliphatic carbocycles. The fraction of sp³-hybridized carbons (Fsp3) is 0.222. The van der Waals surface area contributed by atoms with Gasteiger partial charge in [-0.05, 0) is 0 Å². The molecule has 15 heavy (non-hydrogen) atoms. The highest BCUT2D eigenvalue weighted by Gasteiger charge is 2.06. The molecule has 1 amide bonds. The standard InChI is InChI=1S/C9H10N4OS/c14-9(8-4-15-6-13-8)11-2-1-7-3-10-5-12-7/h3-6H,1-2H2,(H,10,12)(H,11,14). The predicted octanol–water partition coefficient (Wildman–Crippen LogP) is 0.839. The summed E-state index contributed by atoms with van der Waals surface area (Å²) in [6, 6.07) is 0. The number of hydrogen-bond acceptors (Lipinski definition) is 4. The summed E-state index contributed by atoms with van der Waals surface area (Å²) in [5, 5.41) is 4.51. The smallest absolute Gasteiger partial charge is 0.270 e. The zero-order valence-electron chi connectivity index (χ0n) is 7.93. The van der Waals surface area contributed by atoms with Crippen LogP contribution in [0, 0.1) is 0 Å². The van der Waals surface area contributed by atoms with Crippen LogP contribution in [-0.2, 0) is 6.42 Å². The highest BCUT2D eigenvalue weighted by atomic mass is 32.1. The molecule has 2 aromatic heterocycles. The number of carbonyl (C=O) groups is 1. The summed E-state index contributed by atoms with van der Waals surface area (Å²) >= 11 is 1.41. The van der Waals surface area contributed by atoms with Gasteiger partial charge < -0.3 is 10.3 Å². The number of carbonyl (C=O) groups excluding carboxylic acids is 1. The molecule has 0 aliphatic heterocycles. The van der Waals surface area contributed by atoms with Crippen LogP contribution >= 0.6 is 11.3 Å². The molecule has 2 N–H and O–H groups in total. The molecule has 0 saturated carbocycles. The summed E-state index contributed by atoms with van der Waals surface area (Å²) in [7, 11) is 0. The molecule has 5 nitrogen and oxygen atoms in total. The topological polar surface area (TPSA) is 70.7 Å². The minimum absolute atomic E-state index is 0.129. The summed E-state index contributed by atoms with van der Waals surface area (Å²) in [4.78, 5) is 22.2. The molecule has 2 aromatic rings. The second-order valence-corrected chi connectivity index (χ2v) is 3.68. The quantitative estimate of drug-likeness (QED) is 0.805. The zero-order chi connectivity index (χ0) is 10.5. The molecule has 0 fully saturated rings. The van der Waals surface area contributed by atoms with Crippen LogP contribution < -0.4 is 5.32 Å². The first-order chi connectivity index (χ1) is 7.36. The third-order valence-electron chi connectivity index (χ3n) is 1.90. The van der Waals surface area contributed by atoms with E-state index in [1.807, 2.05) is 0 Å². The largest absolute Gasteiger partial charge is 0.350 e. The van der Waals surface area contributed by atoms with Gasteiger partial charge >= 0.3 is 0 Å². The Balaban J connectivity index is 1.77. The lowest BCUT2D eigenvalue weighted by Crippen LogP contribution is -2.25. The third kappa shape index (κ3) is 2.63. The van der Waals surface area contributed by atoms with Gasteiger partial charge in [0.15, 0.2) is 0 Å². The van der Waals surface area contributed by atoms with Crippen molar-refractivity contribution >= 4 is 17.2 Å². The number of H-pyrrole nitrogens is 1. The summed E-state index contributed by atoms with van der Waals surface area (Å²) in [6.07, 6.45) is 4.11. The van der Waals surface area contributed by atoms with Crippen LogP contribution in [0.2, 0.25) is 0 Å². The molecule has 0 unspecified atom stereocenters. The maximum Gasteiger partial charge on any atom is 0.270 e. The van der Waals surface area contributed by atoms with Crippen LogP contribution in [-0.4, -0.2) is 27.4 Å². The molecule has 0 aromatic carbocycles. The van der Waals surface area contributed by atoms with E-state index in [-0.39, 0.29) is 5.91 Å². The minimum Gasteiger partial charge on any atom is -0.350 e. The van der Waals surface area contributed by atoms with Crippen molar-refractivity contribution in [3.63, 3.8) is 0 Å². The van der Waals surface area contributed by atoms with Gasteiger partial charge in [0.05, 0.1) is 11.8 Å². The Labute approximate surface area is 90.6 Å². The molecule has 6 heteroatoms. The summed E-state index contributed by atoms with van der Waals surface area (Å²) in [5.41, 5.74) is 3.13. The van der Waals surface area contributed by atoms with E-state index >= 15 is 0 Å². The van der Waals surface area contributed by atoms with Crippen molar-refractivity contribution in [2.45, 2.75) is 6.42 Å². The number of imidazole rings is 1. The van der Waals surface area contributed by atoms with Crippen molar-refractivity contribution in [2.75, 3.05) is 6.54 Å². The molecule has 0 atom stereocenters. The molecule has 0 radical (unpaired) electrons. The van der Waals surface area contributed by atoms with Crippen LogP contribution in [0.3, 0.4) is 0 Å². The molecular formula is C9H10N4OS. The summed E-state index contributed by atoms with van der Waals surface area (Å²) in [5.74, 6) is -0.129. The van der Waals surface area contributed by atoms with Crippen LogP contribution in [0.4, 0.5) is 0 Å². The van der Waals surface area contributed by atoms with Gasteiger partial charge in [-0.15, -0.1) is 11.3 Å². The van der Waals surface area contributed by atoms with Crippen molar-refractivity contribution in [3.05, 3.63) is 34.8 Å². The van der Waals surface area contributed by atoms with Gasteiger partial charge in [-0.25, -0.2) is 9.97 Å². The number of aromatic nitrogens is 3. The van der Waals surface area contributed by atoms with Crippen LogP contribution in [0.25, 0.3) is 0 Å².